The minimum absolute atomic E-state index is 0.401. The van der Waals surface area contributed by atoms with Crippen LogP contribution in [0.3, 0.4) is 0 Å². The number of tetrazole rings is 1. The van der Waals surface area contributed by atoms with Gasteiger partial charge in [-0.2, -0.15) is 4.80 Å². The molecule has 1 saturated heterocycles. The van der Waals surface area contributed by atoms with Crippen molar-refractivity contribution >= 4 is 0 Å². The molecule has 0 saturated carbocycles. The topological polar surface area (TPSA) is 73.1 Å². The Morgan fingerprint density at radius 3 is 2.69 bits per heavy atom. The van der Waals surface area contributed by atoms with E-state index >= 15 is 0 Å². The van der Waals surface area contributed by atoms with Crippen molar-refractivity contribution in [3.63, 3.8) is 0 Å². The maximum atomic E-state index is 10.1. The molecule has 0 radical (unpaired) electrons. The minimum Gasteiger partial charge on any atom is -0.382 e. The van der Waals surface area contributed by atoms with Crippen LogP contribution in [-0.4, -0.2) is 38.5 Å². The SMILES string of the molecule is Cn1nnc(C2(O)CCOCC2)n1. The van der Waals surface area contributed by atoms with E-state index in [0.29, 0.717) is 31.9 Å². The van der Waals surface area contributed by atoms with Crippen molar-refractivity contribution in [3.8, 4) is 0 Å². The van der Waals surface area contributed by atoms with Crippen molar-refractivity contribution < 1.29 is 9.84 Å². The number of ether oxygens (including phenoxy) is 1. The zero-order chi connectivity index (χ0) is 9.31. The number of aliphatic hydroxyl groups is 1. The fourth-order valence-electron chi connectivity index (χ4n) is 1.40. The third kappa shape index (κ3) is 1.54. The van der Waals surface area contributed by atoms with Gasteiger partial charge in [0.2, 0.25) is 5.82 Å². The number of hydrogen-bond donors (Lipinski definition) is 1. The number of aryl methyl sites for hydroxylation is 1. The molecule has 72 valence electrons. The molecule has 0 bridgehead atoms. The first-order valence-electron chi connectivity index (χ1n) is 4.25. The molecule has 0 unspecified atom stereocenters. The average molecular weight is 184 g/mol. The van der Waals surface area contributed by atoms with E-state index in [9.17, 15) is 5.11 Å². The first-order valence-corrected chi connectivity index (χ1v) is 4.25. The third-order valence-electron chi connectivity index (χ3n) is 2.24. The highest BCUT2D eigenvalue weighted by atomic mass is 16.5. The van der Waals surface area contributed by atoms with Gasteiger partial charge in [-0.05, 0) is 5.21 Å². The van der Waals surface area contributed by atoms with Gasteiger partial charge in [-0.25, -0.2) is 0 Å². The highest BCUT2D eigenvalue weighted by Crippen LogP contribution is 2.28. The molecule has 1 aliphatic rings. The molecule has 1 aromatic heterocycles. The quantitative estimate of drug-likeness (QED) is 0.619. The van der Waals surface area contributed by atoms with Gasteiger partial charge in [0.25, 0.3) is 0 Å². The van der Waals surface area contributed by atoms with E-state index in [0.717, 1.165) is 0 Å². The second kappa shape index (κ2) is 3.04. The van der Waals surface area contributed by atoms with E-state index in [1.807, 2.05) is 0 Å². The van der Waals surface area contributed by atoms with Crippen LogP contribution in [0.1, 0.15) is 18.7 Å². The van der Waals surface area contributed by atoms with E-state index in [2.05, 4.69) is 15.4 Å². The minimum atomic E-state index is -0.938. The maximum Gasteiger partial charge on any atom is 0.206 e. The lowest BCUT2D eigenvalue weighted by Crippen LogP contribution is -2.34. The molecule has 1 N–H and O–H groups in total. The molecule has 0 amide bonds. The summed E-state index contributed by atoms with van der Waals surface area (Å²) in [6.07, 6.45) is 1.08. The van der Waals surface area contributed by atoms with E-state index < -0.39 is 5.60 Å². The van der Waals surface area contributed by atoms with Crippen LogP contribution in [0.5, 0.6) is 0 Å². The van der Waals surface area contributed by atoms with E-state index in [4.69, 9.17) is 4.74 Å². The molecule has 1 aliphatic heterocycles. The van der Waals surface area contributed by atoms with Crippen LogP contribution in [0.2, 0.25) is 0 Å². The lowest BCUT2D eigenvalue weighted by Gasteiger charge is -2.28. The first kappa shape index (κ1) is 8.58. The predicted molar refractivity (Wildman–Crippen MR) is 42.7 cm³/mol. The van der Waals surface area contributed by atoms with E-state index in [1.165, 1.54) is 4.80 Å². The summed E-state index contributed by atoms with van der Waals surface area (Å²) in [7, 11) is 1.68. The number of nitrogens with zero attached hydrogens (tertiary/aromatic N) is 4. The molecule has 1 aromatic rings. The average Bonchev–Trinajstić information content (AvgIpc) is 2.54. The Labute approximate surface area is 75.5 Å². The summed E-state index contributed by atoms with van der Waals surface area (Å²) < 4.78 is 5.15. The van der Waals surface area contributed by atoms with Gasteiger partial charge in [-0.3, -0.25) is 0 Å². The lowest BCUT2D eigenvalue weighted by molar-refractivity contribution is -0.0735. The molecule has 0 atom stereocenters. The van der Waals surface area contributed by atoms with Crippen molar-refractivity contribution in [2.45, 2.75) is 18.4 Å². The Balaban J connectivity index is 2.22. The van der Waals surface area contributed by atoms with Crippen LogP contribution in [0.4, 0.5) is 0 Å². The Hall–Kier alpha value is -1.01. The monoisotopic (exact) mass is 184 g/mol. The largest absolute Gasteiger partial charge is 0.382 e. The summed E-state index contributed by atoms with van der Waals surface area (Å²) in [6.45, 7) is 1.10. The molecule has 0 aliphatic carbocycles. The molecule has 6 nitrogen and oxygen atoms in total. The van der Waals surface area contributed by atoms with Crippen LogP contribution in [-0.2, 0) is 17.4 Å². The van der Waals surface area contributed by atoms with Crippen LogP contribution in [0.15, 0.2) is 0 Å². The van der Waals surface area contributed by atoms with E-state index in [1.54, 1.807) is 7.05 Å². The summed E-state index contributed by atoms with van der Waals surface area (Å²) in [5, 5.41) is 21.6. The molecule has 6 heteroatoms. The second-order valence-corrected chi connectivity index (χ2v) is 3.25. The molecule has 0 spiro atoms. The highest BCUT2D eigenvalue weighted by Gasteiger charge is 2.36. The summed E-state index contributed by atoms with van der Waals surface area (Å²) in [5.41, 5.74) is -0.938. The summed E-state index contributed by atoms with van der Waals surface area (Å²) in [5.74, 6) is 0.401. The lowest BCUT2D eigenvalue weighted by atomic mass is 9.94. The Kier molecular flexibility index (Phi) is 2.01. The zero-order valence-electron chi connectivity index (χ0n) is 7.47. The first-order chi connectivity index (χ1) is 6.21. The van der Waals surface area contributed by atoms with Gasteiger partial charge >= 0.3 is 0 Å². The Bertz CT molecular complexity index is 292. The number of aromatic nitrogens is 4. The highest BCUT2D eigenvalue weighted by molar-refractivity contribution is 4.98. The van der Waals surface area contributed by atoms with Gasteiger partial charge < -0.3 is 9.84 Å². The van der Waals surface area contributed by atoms with E-state index in [-0.39, 0.29) is 0 Å². The van der Waals surface area contributed by atoms with Crippen molar-refractivity contribution in [2.24, 2.45) is 7.05 Å². The van der Waals surface area contributed by atoms with Crippen molar-refractivity contribution in [3.05, 3.63) is 5.82 Å². The molecule has 0 aromatic carbocycles. The number of hydrogen-bond acceptors (Lipinski definition) is 5. The van der Waals surface area contributed by atoms with Gasteiger partial charge in [0.05, 0.1) is 7.05 Å². The third-order valence-corrected chi connectivity index (χ3v) is 2.24. The Morgan fingerprint density at radius 1 is 1.46 bits per heavy atom. The predicted octanol–water partition coefficient (Wildman–Crippen LogP) is -0.792. The maximum absolute atomic E-state index is 10.1. The van der Waals surface area contributed by atoms with Crippen LogP contribution in [0.25, 0.3) is 0 Å². The van der Waals surface area contributed by atoms with Crippen LogP contribution < -0.4 is 0 Å². The van der Waals surface area contributed by atoms with Crippen molar-refractivity contribution in [2.75, 3.05) is 13.2 Å². The standard InChI is InChI=1S/C7H12N4O2/c1-11-9-6(8-10-11)7(12)2-4-13-5-3-7/h12H,2-5H2,1H3. The molecular formula is C7H12N4O2. The van der Waals surface area contributed by atoms with Crippen molar-refractivity contribution in [1.29, 1.82) is 0 Å². The van der Waals surface area contributed by atoms with Gasteiger partial charge in [0.1, 0.15) is 5.60 Å². The van der Waals surface area contributed by atoms with Gasteiger partial charge in [-0.15, -0.1) is 10.2 Å². The molecule has 13 heavy (non-hydrogen) atoms. The van der Waals surface area contributed by atoms with Crippen molar-refractivity contribution in [1.82, 2.24) is 20.2 Å². The molecule has 2 heterocycles. The van der Waals surface area contributed by atoms with Crippen LogP contribution in [0, 0.1) is 0 Å². The summed E-state index contributed by atoms with van der Waals surface area (Å²) >= 11 is 0. The fraction of sp³-hybridized carbons (Fsp3) is 0.857. The van der Waals surface area contributed by atoms with Gasteiger partial charge in [0.15, 0.2) is 0 Å². The normalized spacial score (nSPS) is 21.7. The fourth-order valence-corrected chi connectivity index (χ4v) is 1.40. The second-order valence-electron chi connectivity index (χ2n) is 3.25. The smallest absolute Gasteiger partial charge is 0.206 e. The molecule has 2 rings (SSSR count). The molecule has 1 fully saturated rings. The van der Waals surface area contributed by atoms with Crippen LogP contribution >= 0.6 is 0 Å². The Morgan fingerprint density at radius 2 is 2.15 bits per heavy atom. The van der Waals surface area contributed by atoms with Gasteiger partial charge in [-0.1, -0.05) is 0 Å². The summed E-state index contributed by atoms with van der Waals surface area (Å²) in [4.78, 5) is 1.35. The molecular weight excluding hydrogens is 172 g/mol. The number of rotatable bonds is 1. The van der Waals surface area contributed by atoms with Gasteiger partial charge in [0, 0.05) is 26.1 Å². The summed E-state index contributed by atoms with van der Waals surface area (Å²) in [6, 6.07) is 0. The zero-order valence-corrected chi connectivity index (χ0v) is 7.47.